The highest BCUT2D eigenvalue weighted by atomic mass is 19.1. The number of nitrogens with one attached hydrogen (secondary N) is 2. The van der Waals surface area contributed by atoms with Crippen LogP contribution in [0.15, 0.2) is 30.7 Å². The van der Waals surface area contributed by atoms with Gasteiger partial charge in [0.25, 0.3) is 5.91 Å². The van der Waals surface area contributed by atoms with Crippen molar-refractivity contribution >= 4 is 17.4 Å². The lowest BCUT2D eigenvalue weighted by Crippen LogP contribution is -2.14. The number of rotatable bonds is 3. The Bertz CT molecular complexity index is 581. The van der Waals surface area contributed by atoms with E-state index < -0.39 is 17.5 Å². The van der Waals surface area contributed by atoms with Crippen molar-refractivity contribution < 1.29 is 13.6 Å². The Morgan fingerprint density at radius 3 is 2.42 bits per heavy atom. The molecule has 0 bridgehead atoms. The molecule has 0 aliphatic carbocycles. The van der Waals surface area contributed by atoms with Crippen LogP contribution < -0.4 is 10.6 Å². The summed E-state index contributed by atoms with van der Waals surface area (Å²) >= 11 is 0. The fourth-order valence-corrected chi connectivity index (χ4v) is 1.50. The smallest absolute Gasteiger partial charge is 0.257 e. The van der Waals surface area contributed by atoms with E-state index in [1.807, 2.05) is 0 Å². The topological polar surface area (TPSA) is 66.9 Å². The molecule has 0 unspecified atom stereocenters. The molecule has 2 rings (SSSR count). The highest BCUT2D eigenvalue weighted by molar-refractivity contribution is 6.03. The van der Waals surface area contributed by atoms with Crippen LogP contribution in [0.25, 0.3) is 0 Å². The van der Waals surface area contributed by atoms with Gasteiger partial charge < -0.3 is 10.6 Å². The Balaban J connectivity index is 2.25. The molecule has 0 aliphatic rings. The van der Waals surface area contributed by atoms with E-state index in [1.165, 1.54) is 25.6 Å². The van der Waals surface area contributed by atoms with E-state index in [-0.39, 0.29) is 17.1 Å². The summed E-state index contributed by atoms with van der Waals surface area (Å²) < 4.78 is 27.0. The molecule has 2 N–H and O–H groups in total. The second-order valence-electron chi connectivity index (χ2n) is 3.61. The maximum atomic E-state index is 13.5. The van der Waals surface area contributed by atoms with Crippen LogP contribution in [-0.4, -0.2) is 22.9 Å². The summed E-state index contributed by atoms with van der Waals surface area (Å²) in [5.74, 6) is -2.15. The zero-order valence-electron chi connectivity index (χ0n) is 9.95. The molecular formula is C12H10F2N4O. The van der Waals surface area contributed by atoms with Gasteiger partial charge in [-0.25, -0.2) is 13.8 Å². The molecule has 5 nitrogen and oxygen atoms in total. The van der Waals surface area contributed by atoms with E-state index in [0.717, 1.165) is 12.1 Å². The minimum absolute atomic E-state index is 0.139. The van der Waals surface area contributed by atoms with Gasteiger partial charge in [0.05, 0.1) is 6.20 Å². The number of hydrogen-bond acceptors (Lipinski definition) is 4. The van der Waals surface area contributed by atoms with Crippen molar-refractivity contribution in [2.45, 2.75) is 0 Å². The van der Waals surface area contributed by atoms with Crippen molar-refractivity contribution in [2.75, 3.05) is 17.7 Å². The van der Waals surface area contributed by atoms with Crippen molar-refractivity contribution in [3.8, 4) is 0 Å². The molecule has 0 atom stereocenters. The van der Waals surface area contributed by atoms with Crippen LogP contribution in [0.4, 0.5) is 20.3 Å². The SMILES string of the molecule is CNc1c(F)cc(C(=O)Nc2cnccn2)cc1F. The minimum Gasteiger partial charge on any atom is -0.383 e. The lowest BCUT2D eigenvalue weighted by Gasteiger charge is -2.07. The molecule has 1 heterocycles. The van der Waals surface area contributed by atoms with Gasteiger partial charge in [0, 0.05) is 25.0 Å². The summed E-state index contributed by atoms with van der Waals surface area (Å²) in [5, 5.41) is 4.76. The van der Waals surface area contributed by atoms with Crippen molar-refractivity contribution in [1.82, 2.24) is 9.97 Å². The normalized spacial score (nSPS) is 10.1. The number of halogens is 2. The molecule has 7 heteroatoms. The number of carbonyl (C=O) groups excluding carboxylic acids is 1. The fraction of sp³-hybridized carbons (Fsp3) is 0.0833. The quantitative estimate of drug-likeness (QED) is 0.890. The third kappa shape index (κ3) is 2.82. The summed E-state index contributed by atoms with van der Waals surface area (Å²) in [4.78, 5) is 19.4. The van der Waals surface area contributed by atoms with Crippen LogP contribution in [0.1, 0.15) is 10.4 Å². The number of anilines is 2. The van der Waals surface area contributed by atoms with Crippen molar-refractivity contribution in [1.29, 1.82) is 0 Å². The summed E-state index contributed by atoms with van der Waals surface area (Å²) in [7, 11) is 1.39. The van der Waals surface area contributed by atoms with Gasteiger partial charge in [0.15, 0.2) is 5.82 Å². The van der Waals surface area contributed by atoms with Crippen LogP contribution in [0, 0.1) is 11.6 Å². The molecular weight excluding hydrogens is 254 g/mol. The lowest BCUT2D eigenvalue weighted by atomic mass is 10.1. The molecule has 0 saturated heterocycles. The monoisotopic (exact) mass is 264 g/mol. The number of aromatic nitrogens is 2. The molecule has 0 radical (unpaired) electrons. The van der Waals surface area contributed by atoms with Gasteiger partial charge in [-0.2, -0.15) is 0 Å². The number of carbonyl (C=O) groups is 1. The van der Waals surface area contributed by atoms with E-state index in [4.69, 9.17) is 0 Å². The van der Waals surface area contributed by atoms with Gasteiger partial charge in [0.1, 0.15) is 17.3 Å². The van der Waals surface area contributed by atoms with Gasteiger partial charge in [-0.3, -0.25) is 9.78 Å². The fourth-order valence-electron chi connectivity index (χ4n) is 1.50. The number of amides is 1. The first-order valence-electron chi connectivity index (χ1n) is 5.36. The predicted molar refractivity (Wildman–Crippen MR) is 65.9 cm³/mol. The Labute approximate surface area is 107 Å². The average molecular weight is 264 g/mol. The molecule has 0 spiro atoms. The largest absolute Gasteiger partial charge is 0.383 e. The minimum atomic E-state index is -0.841. The number of nitrogens with zero attached hydrogens (tertiary/aromatic N) is 2. The summed E-state index contributed by atoms with van der Waals surface area (Å²) in [6.45, 7) is 0. The first-order valence-corrected chi connectivity index (χ1v) is 5.36. The summed E-state index contributed by atoms with van der Waals surface area (Å²) in [5.41, 5.74) is -0.421. The molecule has 1 aromatic carbocycles. The second-order valence-corrected chi connectivity index (χ2v) is 3.61. The van der Waals surface area contributed by atoms with Gasteiger partial charge in [-0.05, 0) is 12.1 Å². The Morgan fingerprint density at radius 2 is 1.89 bits per heavy atom. The van der Waals surface area contributed by atoms with Crippen LogP contribution in [0.2, 0.25) is 0 Å². The second kappa shape index (κ2) is 5.38. The molecule has 19 heavy (non-hydrogen) atoms. The number of hydrogen-bond donors (Lipinski definition) is 2. The summed E-state index contributed by atoms with van der Waals surface area (Å²) in [6.07, 6.45) is 4.16. The van der Waals surface area contributed by atoms with Gasteiger partial charge in [-0.15, -0.1) is 0 Å². The van der Waals surface area contributed by atoms with E-state index in [2.05, 4.69) is 20.6 Å². The molecule has 2 aromatic rings. The number of benzene rings is 1. The third-order valence-corrected chi connectivity index (χ3v) is 2.36. The molecule has 0 aliphatic heterocycles. The standard InChI is InChI=1S/C12H10F2N4O/c1-15-11-8(13)4-7(5-9(11)14)12(19)18-10-6-16-2-3-17-10/h2-6,15H,1H3,(H,17,18,19). The van der Waals surface area contributed by atoms with Crippen molar-refractivity contribution in [3.63, 3.8) is 0 Å². The maximum Gasteiger partial charge on any atom is 0.257 e. The zero-order valence-corrected chi connectivity index (χ0v) is 9.95. The van der Waals surface area contributed by atoms with Crippen molar-refractivity contribution in [2.24, 2.45) is 0 Å². The molecule has 0 fully saturated rings. The van der Waals surface area contributed by atoms with E-state index in [9.17, 15) is 13.6 Å². The average Bonchev–Trinajstić information content (AvgIpc) is 2.39. The van der Waals surface area contributed by atoms with Gasteiger partial charge in [0.2, 0.25) is 0 Å². The molecule has 0 saturated carbocycles. The van der Waals surface area contributed by atoms with E-state index in [1.54, 1.807) is 0 Å². The third-order valence-electron chi connectivity index (χ3n) is 2.36. The molecule has 1 aromatic heterocycles. The highest BCUT2D eigenvalue weighted by Crippen LogP contribution is 2.20. The van der Waals surface area contributed by atoms with Crippen LogP contribution >= 0.6 is 0 Å². The maximum absolute atomic E-state index is 13.5. The van der Waals surface area contributed by atoms with Crippen molar-refractivity contribution in [3.05, 3.63) is 47.9 Å². The Morgan fingerprint density at radius 1 is 1.21 bits per heavy atom. The predicted octanol–water partition coefficient (Wildman–Crippen LogP) is 2.05. The van der Waals surface area contributed by atoms with Crippen LogP contribution in [-0.2, 0) is 0 Å². The van der Waals surface area contributed by atoms with Crippen LogP contribution in [0.3, 0.4) is 0 Å². The first-order chi connectivity index (χ1) is 9.11. The Kier molecular flexibility index (Phi) is 3.65. The first kappa shape index (κ1) is 12.9. The van der Waals surface area contributed by atoms with E-state index >= 15 is 0 Å². The van der Waals surface area contributed by atoms with Gasteiger partial charge in [-0.1, -0.05) is 0 Å². The molecule has 98 valence electrons. The highest BCUT2D eigenvalue weighted by Gasteiger charge is 2.14. The molecule has 1 amide bonds. The zero-order chi connectivity index (χ0) is 13.8. The van der Waals surface area contributed by atoms with E-state index in [0.29, 0.717) is 0 Å². The van der Waals surface area contributed by atoms with Gasteiger partial charge >= 0.3 is 0 Å². The van der Waals surface area contributed by atoms with Crippen LogP contribution in [0.5, 0.6) is 0 Å². The Hall–Kier alpha value is -2.57. The summed E-state index contributed by atoms with van der Waals surface area (Å²) in [6, 6.07) is 1.89. The lowest BCUT2D eigenvalue weighted by molar-refractivity contribution is 0.102.